The number of hydrazine groups is 1. The number of nitrogens with one attached hydrogen (secondary N) is 1. The molecule has 0 radical (unpaired) electrons. The van der Waals surface area contributed by atoms with Crippen molar-refractivity contribution >= 4 is 27.5 Å². The number of benzene rings is 2. The molecule has 6 heteroatoms. The Labute approximate surface area is 129 Å². The van der Waals surface area contributed by atoms with Crippen LogP contribution in [-0.4, -0.2) is 0 Å². The molecule has 0 fully saturated rings. The third kappa shape index (κ3) is 3.35. The molecule has 1 unspecified atom stereocenters. The van der Waals surface area contributed by atoms with E-state index in [1.807, 2.05) is 0 Å². The second-order valence-electron chi connectivity index (χ2n) is 4.29. The second kappa shape index (κ2) is 6.63. The molecule has 2 aromatic carbocycles. The first-order valence-electron chi connectivity index (χ1n) is 5.87. The largest absolute Gasteiger partial charge is 0.271 e. The molecule has 2 rings (SSSR count). The summed E-state index contributed by atoms with van der Waals surface area (Å²) in [5.74, 6) is 4.62. The highest BCUT2D eigenvalue weighted by atomic mass is 79.9. The van der Waals surface area contributed by atoms with Crippen LogP contribution in [0.2, 0.25) is 5.02 Å². The topological polar surface area (TPSA) is 38.0 Å². The smallest absolute Gasteiger partial charge is 0.129 e. The summed E-state index contributed by atoms with van der Waals surface area (Å²) in [6.45, 7) is 0. The van der Waals surface area contributed by atoms with Gasteiger partial charge in [0.2, 0.25) is 0 Å². The van der Waals surface area contributed by atoms with Gasteiger partial charge in [-0.15, -0.1) is 0 Å². The zero-order chi connectivity index (χ0) is 14.7. The fourth-order valence-corrected chi connectivity index (χ4v) is 2.71. The molecule has 0 aliphatic carbocycles. The van der Waals surface area contributed by atoms with Crippen molar-refractivity contribution in [3.63, 3.8) is 0 Å². The number of nitrogens with two attached hydrogens (primary N) is 1. The molecule has 0 saturated carbocycles. The van der Waals surface area contributed by atoms with E-state index in [0.717, 1.165) is 4.47 Å². The molecule has 0 spiro atoms. The Bertz CT molecular complexity index is 602. The lowest BCUT2D eigenvalue weighted by molar-refractivity contribution is 0.499. The maximum atomic E-state index is 13.9. The average molecular weight is 362 g/mol. The van der Waals surface area contributed by atoms with Gasteiger partial charge in [0.1, 0.15) is 11.6 Å². The molecular weight excluding hydrogens is 350 g/mol. The molecule has 0 heterocycles. The van der Waals surface area contributed by atoms with Crippen molar-refractivity contribution < 1.29 is 8.78 Å². The van der Waals surface area contributed by atoms with Crippen LogP contribution in [0.3, 0.4) is 0 Å². The van der Waals surface area contributed by atoms with Gasteiger partial charge in [0, 0.05) is 15.1 Å². The lowest BCUT2D eigenvalue weighted by Gasteiger charge is -2.19. The molecule has 0 aliphatic heterocycles. The quantitative estimate of drug-likeness (QED) is 0.635. The molecule has 2 aromatic rings. The summed E-state index contributed by atoms with van der Waals surface area (Å²) in [6, 6.07) is 8.33. The predicted octanol–water partition coefficient (Wildman–Crippen LogP) is 4.13. The zero-order valence-electron chi connectivity index (χ0n) is 10.3. The van der Waals surface area contributed by atoms with Gasteiger partial charge in [0.15, 0.2) is 0 Å². The van der Waals surface area contributed by atoms with Crippen LogP contribution in [0.4, 0.5) is 8.78 Å². The van der Waals surface area contributed by atoms with E-state index in [-0.39, 0.29) is 22.8 Å². The predicted molar refractivity (Wildman–Crippen MR) is 79.3 cm³/mol. The van der Waals surface area contributed by atoms with Crippen LogP contribution in [0.25, 0.3) is 0 Å². The van der Waals surface area contributed by atoms with E-state index >= 15 is 0 Å². The molecular formula is C14H12BrClF2N2. The first-order valence-corrected chi connectivity index (χ1v) is 7.04. The van der Waals surface area contributed by atoms with E-state index in [4.69, 9.17) is 17.4 Å². The van der Waals surface area contributed by atoms with Crippen molar-refractivity contribution in [2.45, 2.75) is 12.5 Å². The van der Waals surface area contributed by atoms with Gasteiger partial charge >= 0.3 is 0 Å². The van der Waals surface area contributed by atoms with Gasteiger partial charge in [-0.3, -0.25) is 11.3 Å². The first-order chi connectivity index (χ1) is 9.52. The Morgan fingerprint density at radius 1 is 1.20 bits per heavy atom. The minimum Gasteiger partial charge on any atom is -0.271 e. The van der Waals surface area contributed by atoms with Gasteiger partial charge in [0.05, 0.1) is 6.04 Å². The third-order valence-electron chi connectivity index (χ3n) is 2.98. The zero-order valence-corrected chi connectivity index (χ0v) is 12.7. The summed E-state index contributed by atoms with van der Waals surface area (Å²) in [7, 11) is 0. The highest BCUT2D eigenvalue weighted by Gasteiger charge is 2.19. The minimum absolute atomic E-state index is 0.183. The standard InChI is InChI=1S/C14H12BrClF2N2/c15-9-4-5-11(17)8(6-9)7-13(20-19)14-10(16)2-1-3-12(14)18/h1-6,13,20H,7,19H2. The van der Waals surface area contributed by atoms with Gasteiger partial charge in [-0.1, -0.05) is 33.6 Å². The molecule has 20 heavy (non-hydrogen) atoms. The van der Waals surface area contributed by atoms with Crippen LogP contribution >= 0.6 is 27.5 Å². The Morgan fingerprint density at radius 3 is 2.60 bits per heavy atom. The van der Waals surface area contributed by atoms with Crippen molar-refractivity contribution in [3.05, 3.63) is 68.7 Å². The molecule has 106 valence electrons. The van der Waals surface area contributed by atoms with Crippen molar-refractivity contribution in [1.82, 2.24) is 5.43 Å². The molecule has 0 aliphatic rings. The van der Waals surface area contributed by atoms with Crippen LogP contribution in [0.5, 0.6) is 0 Å². The summed E-state index contributed by atoms with van der Waals surface area (Å²) in [4.78, 5) is 0. The van der Waals surface area contributed by atoms with Crippen LogP contribution in [0.1, 0.15) is 17.2 Å². The van der Waals surface area contributed by atoms with Crippen molar-refractivity contribution in [1.29, 1.82) is 0 Å². The molecule has 2 nitrogen and oxygen atoms in total. The van der Waals surface area contributed by atoms with E-state index in [2.05, 4.69) is 21.4 Å². The normalized spacial score (nSPS) is 12.4. The molecule has 0 amide bonds. The van der Waals surface area contributed by atoms with Gasteiger partial charge < -0.3 is 0 Å². The lowest BCUT2D eigenvalue weighted by atomic mass is 9.98. The highest BCUT2D eigenvalue weighted by Crippen LogP contribution is 2.29. The fourth-order valence-electron chi connectivity index (χ4n) is 2.01. The maximum Gasteiger partial charge on any atom is 0.129 e. The molecule has 1 atom stereocenters. The van der Waals surface area contributed by atoms with E-state index in [1.165, 1.54) is 18.2 Å². The first kappa shape index (κ1) is 15.4. The summed E-state index contributed by atoms with van der Waals surface area (Å²) in [5, 5.41) is 0.253. The average Bonchev–Trinajstić information content (AvgIpc) is 2.41. The van der Waals surface area contributed by atoms with E-state index in [0.29, 0.717) is 5.56 Å². The SMILES string of the molecule is NNC(Cc1cc(Br)ccc1F)c1c(F)cccc1Cl. The summed E-state index contributed by atoms with van der Waals surface area (Å²) in [6.07, 6.45) is 0.183. The van der Waals surface area contributed by atoms with Crippen LogP contribution < -0.4 is 11.3 Å². The Balaban J connectivity index is 2.36. The minimum atomic E-state index is -0.618. The summed E-state index contributed by atoms with van der Waals surface area (Å²) < 4.78 is 28.4. The molecule has 0 saturated heterocycles. The second-order valence-corrected chi connectivity index (χ2v) is 5.62. The van der Waals surface area contributed by atoms with Gasteiger partial charge in [0.25, 0.3) is 0 Å². The van der Waals surface area contributed by atoms with Gasteiger partial charge in [-0.25, -0.2) is 8.78 Å². The molecule has 0 bridgehead atoms. The van der Waals surface area contributed by atoms with E-state index < -0.39 is 11.9 Å². The lowest BCUT2D eigenvalue weighted by Crippen LogP contribution is -2.30. The van der Waals surface area contributed by atoms with Crippen molar-refractivity contribution in [3.8, 4) is 0 Å². The Hall–Kier alpha value is -1.01. The van der Waals surface area contributed by atoms with E-state index in [1.54, 1.807) is 18.2 Å². The summed E-state index contributed by atoms with van der Waals surface area (Å²) in [5.41, 5.74) is 3.14. The number of hydrogen-bond donors (Lipinski definition) is 2. The van der Waals surface area contributed by atoms with Crippen LogP contribution in [0, 0.1) is 11.6 Å². The number of halogens is 4. The van der Waals surface area contributed by atoms with Crippen LogP contribution in [-0.2, 0) is 6.42 Å². The highest BCUT2D eigenvalue weighted by molar-refractivity contribution is 9.10. The number of hydrogen-bond acceptors (Lipinski definition) is 2. The molecule has 3 N–H and O–H groups in total. The maximum absolute atomic E-state index is 13.9. The molecule has 0 aromatic heterocycles. The van der Waals surface area contributed by atoms with E-state index in [9.17, 15) is 8.78 Å². The van der Waals surface area contributed by atoms with Crippen molar-refractivity contribution in [2.75, 3.05) is 0 Å². The monoisotopic (exact) mass is 360 g/mol. The Kier molecular flexibility index (Phi) is 5.10. The number of rotatable bonds is 4. The van der Waals surface area contributed by atoms with Gasteiger partial charge in [-0.2, -0.15) is 0 Å². The van der Waals surface area contributed by atoms with Gasteiger partial charge in [-0.05, 0) is 42.3 Å². The van der Waals surface area contributed by atoms with Crippen molar-refractivity contribution in [2.24, 2.45) is 5.84 Å². The summed E-state index contributed by atoms with van der Waals surface area (Å²) >= 11 is 9.28. The fraction of sp³-hybridized carbons (Fsp3) is 0.143. The Morgan fingerprint density at radius 2 is 1.95 bits per heavy atom. The third-order valence-corrected chi connectivity index (χ3v) is 3.80. The van der Waals surface area contributed by atoms with Crippen LogP contribution in [0.15, 0.2) is 40.9 Å².